The minimum Gasteiger partial charge on any atom is -0.478 e. The standard InChI is InChI=1S/C14H11NO5/c1-9-8-10(6-7-11(9)14(16)17)20-13-5-3-2-4-12(13)15(18)19/h2-8H,1H3,(H,16,17). The Labute approximate surface area is 114 Å². The van der Waals surface area contributed by atoms with Gasteiger partial charge in [0, 0.05) is 6.07 Å². The minimum absolute atomic E-state index is 0.111. The second-order valence-corrected chi connectivity index (χ2v) is 4.11. The summed E-state index contributed by atoms with van der Waals surface area (Å²) < 4.78 is 5.45. The zero-order valence-electron chi connectivity index (χ0n) is 10.6. The Hall–Kier alpha value is -2.89. The molecule has 0 aliphatic rings. The van der Waals surface area contributed by atoms with Crippen molar-refractivity contribution in [3.05, 3.63) is 63.7 Å². The van der Waals surface area contributed by atoms with Crippen molar-refractivity contribution in [3.63, 3.8) is 0 Å². The Bertz CT molecular complexity index is 681. The normalized spacial score (nSPS) is 10.1. The third kappa shape index (κ3) is 2.74. The van der Waals surface area contributed by atoms with Crippen LogP contribution in [-0.4, -0.2) is 16.0 Å². The first-order valence-corrected chi connectivity index (χ1v) is 5.74. The van der Waals surface area contributed by atoms with E-state index in [1.165, 1.54) is 30.3 Å². The predicted molar refractivity (Wildman–Crippen MR) is 71.3 cm³/mol. The van der Waals surface area contributed by atoms with Crippen LogP contribution >= 0.6 is 0 Å². The van der Waals surface area contributed by atoms with Gasteiger partial charge in [0.1, 0.15) is 5.75 Å². The molecule has 0 bridgehead atoms. The molecule has 0 unspecified atom stereocenters. The van der Waals surface area contributed by atoms with Gasteiger partial charge in [0.25, 0.3) is 0 Å². The van der Waals surface area contributed by atoms with Gasteiger partial charge in [-0.15, -0.1) is 0 Å². The molecule has 6 heteroatoms. The molecule has 0 aromatic heterocycles. The summed E-state index contributed by atoms with van der Waals surface area (Å²) in [5.41, 5.74) is 0.543. The molecule has 0 aliphatic carbocycles. The number of nitro benzene ring substituents is 1. The molecule has 0 amide bonds. The lowest BCUT2D eigenvalue weighted by Crippen LogP contribution is -2.00. The van der Waals surface area contributed by atoms with Crippen LogP contribution in [0.15, 0.2) is 42.5 Å². The van der Waals surface area contributed by atoms with Crippen LogP contribution < -0.4 is 4.74 Å². The van der Waals surface area contributed by atoms with Crippen LogP contribution in [0.4, 0.5) is 5.69 Å². The third-order valence-electron chi connectivity index (χ3n) is 2.72. The van der Waals surface area contributed by atoms with Crippen LogP contribution in [0.3, 0.4) is 0 Å². The minimum atomic E-state index is -1.03. The highest BCUT2D eigenvalue weighted by Gasteiger charge is 2.15. The zero-order chi connectivity index (χ0) is 14.7. The van der Waals surface area contributed by atoms with Crippen LogP contribution in [0.25, 0.3) is 0 Å². The fourth-order valence-corrected chi connectivity index (χ4v) is 1.76. The van der Waals surface area contributed by atoms with Crippen molar-refractivity contribution < 1.29 is 19.6 Å². The number of aryl methyl sites for hydroxylation is 1. The van der Waals surface area contributed by atoms with E-state index in [4.69, 9.17) is 9.84 Å². The first-order valence-electron chi connectivity index (χ1n) is 5.74. The number of benzene rings is 2. The van der Waals surface area contributed by atoms with E-state index in [0.29, 0.717) is 11.3 Å². The van der Waals surface area contributed by atoms with Crippen LogP contribution in [0, 0.1) is 17.0 Å². The number of para-hydroxylation sites is 2. The van der Waals surface area contributed by atoms with Gasteiger partial charge in [-0.25, -0.2) is 4.79 Å². The van der Waals surface area contributed by atoms with Gasteiger partial charge in [-0.05, 0) is 36.8 Å². The van der Waals surface area contributed by atoms with E-state index in [1.54, 1.807) is 19.1 Å². The van der Waals surface area contributed by atoms with Crippen molar-refractivity contribution in [1.82, 2.24) is 0 Å². The fourth-order valence-electron chi connectivity index (χ4n) is 1.76. The van der Waals surface area contributed by atoms with E-state index in [2.05, 4.69) is 0 Å². The highest BCUT2D eigenvalue weighted by atomic mass is 16.6. The van der Waals surface area contributed by atoms with Gasteiger partial charge in [0.2, 0.25) is 5.75 Å². The molecule has 6 nitrogen and oxygen atoms in total. The molecule has 1 N–H and O–H groups in total. The van der Waals surface area contributed by atoms with Gasteiger partial charge < -0.3 is 9.84 Å². The lowest BCUT2D eigenvalue weighted by Gasteiger charge is -2.08. The second kappa shape index (κ2) is 5.40. The molecule has 0 atom stereocenters. The van der Waals surface area contributed by atoms with E-state index in [1.807, 2.05) is 0 Å². The number of nitro groups is 1. The largest absolute Gasteiger partial charge is 0.478 e. The molecule has 0 fully saturated rings. The van der Waals surface area contributed by atoms with Crippen LogP contribution in [0.5, 0.6) is 11.5 Å². The van der Waals surface area contributed by atoms with Crippen LogP contribution in [0.2, 0.25) is 0 Å². The van der Waals surface area contributed by atoms with Crippen molar-refractivity contribution in [2.24, 2.45) is 0 Å². The van der Waals surface area contributed by atoms with Crippen molar-refractivity contribution >= 4 is 11.7 Å². The average Bonchev–Trinajstić information content (AvgIpc) is 2.38. The van der Waals surface area contributed by atoms with Crippen LogP contribution in [-0.2, 0) is 0 Å². The molecule has 0 radical (unpaired) electrons. The quantitative estimate of drug-likeness (QED) is 0.681. The molecule has 0 aliphatic heterocycles. The second-order valence-electron chi connectivity index (χ2n) is 4.11. The molecule has 0 saturated heterocycles. The van der Waals surface area contributed by atoms with Gasteiger partial charge in [0.15, 0.2) is 0 Å². The van der Waals surface area contributed by atoms with Crippen LogP contribution in [0.1, 0.15) is 15.9 Å². The lowest BCUT2D eigenvalue weighted by molar-refractivity contribution is -0.385. The number of hydrogen-bond acceptors (Lipinski definition) is 4. The summed E-state index contributed by atoms with van der Waals surface area (Å²) in [5.74, 6) is -0.568. The third-order valence-corrected chi connectivity index (χ3v) is 2.72. The van der Waals surface area contributed by atoms with E-state index < -0.39 is 10.9 Å². The number of nitrogens with zero attached hydrogens (tertiary/aromatic N) is 1. The molecule has 2 aromatic rings. The van der Waals surface area contributed by atoms with Gasteiger partial charge in [-0.2, -0.15) is 0 Å². The number of rotatable bonds is 4. The van der Waals surface area contributed by atoms with Crippen molar-refractivity contribution in [2.45, 2.75) is 6.92 Å². The van der Waals surface area contributed by atoms with E-state index in [9.17, 15) is 14.9 Å². The number of aromatic carboxylic acids is 1. The fraction of sp³-hybridized carbons (Fsp3) is 0.0714. The first-order chi connectivity index (χ1) is 9.49. The monoisotopic (exact) mass is 273 g/mol. The SMILES string of the molecule is Cc1cc(Oc2ccccc2[N+](=O)[O-])ccc1C(=O)O. The van der Waals surface area contributed by atoms with E-state index >= 15 is 0 Å². The first kappa shape index (κ1) is 13.5. The number of carboxylic acids is 1. The summed E-state index contributed by atoms with van der Waals surface area (Å²) in [6.45, 7) is 1.63. The van der Waals surface area contributed by atoms with E-state index in [0.717, 1.165) is 0 Å². The highest BCUT2D eigenvalue weighted by Crippen LogP contribution is 2.31. The molecule has 0 heterocycles. The number of hydrogen-bond donors (Lipinski definition) is 1. The lowest BCUT2D eigenvalue weighted by atomic mass is 10.1. The molecule has 2 rings (SSSR count). The van der Waals surface area contributed by atoms with Gasteiger partial charge in [-0.1, -0.05) is 12.1 Å². The molecule has 102 valence electrons. The highest BCUT2D eigenvalue weighted by molar-refractivity contribution is 5.89. The smallest absolute Gasteiger partial charge is 0.335 e. The Morgan fingerprint density at radius 1 is 1.25 bits per heavy atom. The molecule has 0 spiro atoms. The van der Waals surface area contributed by atoms with Crippen molar-refractivity contribution in [3.8, 4) is 11.5 Å². The summed E-state index contributed by atoms with van der Waals surface area (Å²) in [5, 5.41) is 19.8. The average molecular weight is 273 g/mol. The molecule has 2 aromatic carbocycles. The summed E-state index contributed by atoms with van der Waals surface area (Å²) >= 11 is 0. The number of carbonyl (C=O) groups is 1. The summed E-state index contributed by atoms with van der Waals surface area (Å²) in [6.07, 6.45) is 0. The zero-order valence-corrected chi connectivity index (χ0v) is 10.6. The molecule has 20 heavy (non-hydrogen) atoms. The maximum absolute atomic E-state index is 10.9. The van der Waals surface area contributed by atoms with Crippen molar-refractivity contribution in [2.75, 3.05) is 0 Å². The molecule has 0 saturated carbocycles. The Kier molecular flexibility index (Phi) is 3.65. The van der Waals surface area contributed by atoms with Gasteiger partial charge in [0.05, 0.1) is 10.5 Å². The van der Waals surface area contributed by atoms with Crippen molar-refractivity contribution in [1.29, 1.82) is 0 Å². The maximum atomic E-state index is 10.9. The number of ether oxygens (including phenoxy) is 1. The van der Waals surface area contributed by atoms with Gasteiger partial charge >= 0.3 is 11.7 Å². The summed E-state index contributed by atoms with van der Waals surface area (Å²) in [7, 11) is 0. The Morgan fingerprint density at radius 3 is 2.55 bits per heavy atom. The summed E-state index contributed by atoms with van der Waals surface area (Å²) in [6, 6.07) is 10.4. The van der Waals surface area contributed by atoms with Gasteiger partial charge in [-0.3, -0.25) is 10.1 Å². The predicted octanol–water partition coefficient (Wildman–Crippen LogP) is 3.39. The summed E-state index contributed by atoms with van der Waals surface area (Å²) in [4.78, 5) is 21.2. The maximum Gasteiger partial charge on any atom is 0.335 e. The number of carboxylic acid groups (broad SMARTS) is 1. The van der Waals surface area contributed by atoms with E-state index in [-0.39, 0.29) is 17.0 Å². The molecular formula is C14H11NO5. The Balaban J connectivity index is 2.34. The Morgan fingerprint density at radius 2 is 1.95 bits per heavy atom. The molecular weight excluding hydrogens is 262 g/mol. The topological polar surface area (TPSA) is 89.7 Å².